The van der Waals surface area contributed by atoms with E-state index in [1.54, 1.807) is 7.11 Å². The van der Waals surface area contributed by atoms with Crippen molar-refractivity contribution in [2.75, 3.05) is 26.7 Å². The third-order valence-electron chi connectivity index (χ3n) is 5.27. The summed E-state index contributed by atoms with van der Waals surface area (Å²) in [4.78, 5) is 15.1. The number of aryl methyl sites for hydroxylation is 1. The van der Waals surface area contributed by atoms with Gasteiger partial charge in [0.15, 0.2) is 0 Å². The van der Waals surface area contributed by atoms with Gasteiger partial charge in [-0.25, -0.2) is 0 Å². The fourth-order valence-electron chi connectivity index (χ4n) is 3.66. The fourth-order valence-corrected chi connectivity index (χ4v) is 3.66. The average Bonchev–Trinajstić information content (AvgIpc) is 3.23. The SMILES string of the molecule is COc1ccccc1C(CNC(=O)C(N)c1ccc(C)cc1)N1CCCC1. The van der Waals surface area contributed by atoms with Gasteiger partial charge in [0, 0.05) is 12.1 Å². The third kappa shape index (κ3) is 4.67. The van der Waals surface area contributed by atoms with Crippen molar-refractivity contribution in [1.82, 2.24) is 10.2 Å². The number of methoxy groups -OCH3 is 1. The summed E-state index contributed by atoms with van der Waals surface area (Å²) < 4.78 is 5.56. The number of para-hydroxylation sites is 1. The van der Waals surface area contributed by atoms with Crippen LogP contribution in [0.25, 0.3) is 0 Å². The summed E-state index contributed by atoms with van der Waals surface area (Å²) in [7, 11) is 1.69. The molecule has 2 aromatic carbocycles. The van der Waals surface area contributed by atoms with Gasteiger partial charge in [-0.1, -0.05) is 48.0 Å². The number of carbonyl (C=O) groups excluding carboxylic acids is 1. The maximum atomic E-state index is 12.6. The van der Waals surface area contributed by atoms with Crippen LogP contribution < -0.4 is 15.8 Å². The molecule has 5 heteroatoms. The van der Waals surface area contributed by atoms with Crippen LogP contribution in [0.5, 0.6) is 5.75 Å². The lowest BCUT2D eigenvalue weighted by Crippen LogP contribution is -2.40. The molecule has 27 heavy (non-hydrogen) atoms. The highest BCUT2D eigenvalue weighted by Crippen LogP contribution is 2.31. The van der Waals surface area contributed by atoms with E-state index in [9.17, 15) is 4.79 Å². The molecule has 0 radical (unpaired) electrons. The van der Waals surface area contributed by atoms with Gasteiger partial charge >= 0.3 is 0 Å². The molecule has 2 atom stereocenters. The Balaban J connectivity index is 1.72. The van der Waals surface area contributed by atoms with Crippen molar-refractivity contribution in [3.63, 3.8) is 0 Å². The van der Waals surface area contributed by atoms with Crippen LogP contribution in [0.4, 0.5) is 0 Å². The molecule has 1 amide bonds. The van der Waals surface area contributed by atoms with Gasteiger partial charge in [0.1, 0.15) is 11.8 Å². The van der Waals surface area contributed by atoms with Crippen LogP contribution in [0.1, 0.15) is 41.6 Å². The summed E-state index contributed by atoms with van der Waals surface area (Å²) in [6.07, 6.45) is 2.37. The molecule has 0 aromatic heterocycles. The highest BCUT2D eigenvalue weighted by molar-refractivity contribution is 5.83. The van der Waals surface area contributed by atoms with E-state index in [-0.39, 0.29) is 11.9 Å². The lowest BCUT2D eigenvalue weighted by Gasteiger charge is -2.29. The highest BCUT2D eigenvalue weighted by Gasteiger charge is 2.27. The van der Waals surface area contributed by atoms with E-state index in [1.807, 2.05) is 49.4 Å². The largest absolute Gasteiger partial charge is 0.496 e. The fraction of sp³-hybridized carbons (Fsp3) is 0.409. The highest BCUT2D eigenvalue weighted by atomic mass is 16.5. The number of carbonyl (C=O) groups is 1. The Hall–Kier alpha value is -2.37. The lowest BCUT2D eigenvalue weighted by atomic mass is 10.0. The monoisotopic (exact) mass is 367 g/mol. The van der Waals surface area contributed by atoms with Crippen molar-refractivity contribution < 1.29 is 9.53 Å². The van der Waals surface area contributed by atoms with Gasteiger partial charge in [-0.3, -0.25) is 9.69 Å². The Kier molecular flexibility index (Phi) is 6.48. The Labute approximate surface area is 161 Å². The molecule has 0 saturated carbocycles. The smallest absolute Gasteiger partial charge is 0.241 e. The van der Waals surface area contributed by atoms with Gasteiger partial charge in [-0.15, -0.1) is 0 Å². The molecule has 1 fully saturated rings. The summed E-state index contributed by atoms with van der Waals surface area (Å²) in [6, 6.07) is 15.2. The van der Waals surface area contributed by atoms with E-state index in [1.165, 1.54) is 12.8 Å². The molecule has 3 rings (SSSR count). The Morgan fingerprint density at radius 1 is 1.15 bits per heavy atom. The zero-order valence-corrected chi connectivity index (χ0v) is 16.2. The molecular formula is C22H29N3O2. The number of likely N-dealkylation sites (tertiary alicyclic amines) is 1. The molecule has 2 aromatic rings. The van der Waals surface area contributed by atoms with E-state index in [0.717, 1.165) is 35.5 Å². The number of amides is 1. The average molecular weight is 367 g/mol. The standard InChI is InChI=1S/C22H29N3O2/c1-16-9-11-17(12-10-16)21(23)22(26)24-15-19(25-13-5-6-14-25)18-7-3-4-8-20(18)27-2/h3-4,7-12,19,21H,5-6,13-15,23H2,1-2H3,(H,24,26). The van der Waals surface area contributed by atoms with Crippen molar-refractivity contribution in [2.24, 2.45) is 5.73 Å². The Bertz CT molecular complexity index is 754. The minimum Gasteiger partial charge on any atom is -0.496 e. The van der Waals surface area contributed by atoms with Crippen LogP contribution in [0.2, 0.25) is 0 Å². The number of rotatable bonds is 7. The van der Waals surface area contributed by atoms with Gasteiger partial charge in [-0.05, 0) is 44.5 Å². The number of benzene rings is 2. The molecule has 3 N–H and O–H groups in total. The van der Waals surface area contributed by atoms with E-state index < -0.39 is 6.04 Å². The number of nitrogens with two attached hydrogens (primary N) is 1. The Morgan fingerprint density at radius 3 is 2.48 bits per heavy atom. The summed E-state index contributed by atoms with van der Waals surface area (Å²) in [6.45, 7) is 4.59. The number of hydrogen-bond acceptors (Lipinski definition) is 4. The van der Waals surface area contributed by atoms with Crippen molar-refractivity contribution in [3.05, 3.63) is 65.2 Å². The predicted molar refractivity (Wildman–Crippen MR) is 108 cm³/mol. The molecule has 1 aliphatic heterocycles. The second kappa shape index (κ2) is 9.02. The first-order valence-corrected chi connectivity index (χ1v) is 9.57. The minimum atomic E-state index is -0.664. The van der Waals surface area contributed by atoms with Crippen molar-refractivity contribution in [3.8, 4) is 5.75 Å². The summed E-state index contributed by atoms with van der Waals surface area (Å²) in [5.74, 6) is 0.699. The third-order valence-corrected chi connectivity index (χ3v) is 5.27. The molecule has 0 spiro atoms. The maximum absolute atomic E-state index is 12.6. The van der Waals surface area contributed by atoms with E-state index >= 15 is 0 Å². The molecule has 5 nitrogen and oxygen atoms in total. The van der Waals surface area contributed by atoms with Crippen LogP contribution in [0.15, 0.2) is 48.5 Å². The van der Waals surface area contributed by atoms with Crippen LogP contribution in [0.3, 0.4) is 0 Å². The first kappa shape index (κ1) is 19.4. The van der Waals surface area contributed by atoms with Gasteiger partial charge in [0.25, 0.3) is 0 Å². The van der Waals surface area contributed by atoms with Gasteiger partial charge < -0.3 is 15.8 Å². The lowest BCUT2D eigenvalue weighted by molar-refractivity contribution is -0.122. The van der Waals surface area contributed by atoms with Crippen molar-refractivity contribution in [1.29, 1.82) is 0 Å². The molecule has 0 bridgehead atoms. The quantitative estimate of drug-likeness (QED) is 0.790. The maximum Gasteiger partial charge on any atom is 0.241 e. The van der Waals surface area contributed by atoms with Gasteiger partial charge in [0.05, 0.1) is 13.2 Å². The molecule has 0 aliphatic carbocycles. The second-order valence-electron chi connectivity index (χ2n) is 7.13. The van der Waals surface area contributed by atoms with Crippen LogP contribution >= 0.6 is 0 Å². The first-order chi connectivity index (χ1) is 13.1. The molecule has 1 aliphatic rings. The number of ether oxygens (including phenoxy) is 1. The van der Waals surface area contributed by atoms with Gasteiger partial charge in [-0.2, -0.15) is 0 Å². The zero-order valence-electron chi connectivity index (χ0n) is 16.2. The van der Waals surface area contributed by atoms with Gasteiger partial charge in [0.2, 0.25) is 5.91 Å². The predicted octanol–water partition coefficient (Wildman–Crippen LogP) is 2.96. The van der Waals surface area contributed by atoms with Crippen LogP contribution in [-0.4, -0.2) is 37.6 Å². The summed E-state index contributed by atoms with van der Waals surface area (Å²) in [5, 5.41) is 3.06. The van der Waals surface area contributed by atoms with Crippen LogP contribution in [0, 0.1) is 6.92 Å². The minimum absolute atomic E-state index is 0.0813. The van der Waals surface area contributed by atoms with Crippen molar-refractivity contribution >= 4 is 5.91 Å². The Morgan fingerprint density at radius 2 is 1.81 bits per heavy atom. The van der Waals surface area contributed by atoms with E-state index in [2.05, 4.69) is 16.3 Å². The number of nitrogens with one attached hydrogen (secondary N) is 1. The van der Waals surface area contributed by atoms with Crippen molar-refractivity contribution in [2.45, 2.75) is 31.8 Å². The van der Waals surface area contributed by atoms with E-state index in [0.29, 0.717) is 6.54 Å². The van der Waals surface area contributed by atoms with E-state index in [4.69, 9.17) is 10.5 Å². The molecule has 2 unspecified atom stereocenters. The normalized spacial score (nSPS) is 16.7. The number of hydrogen-bond donors (Lipinski definition) is 2. The molecule has 1 heterocycles. The first-order valence-electron chi connectivity index (χ1n) is 9.57. The summed E-state index contributed by atoms with van der Waals surface area (Å²) in [5.41, 5.74) is 9.25. The number of nitrogens with zero attached hydrogens (tertiary/aromatic N) is 1. The molecule has 144 valence electrons. The van der Waals surface area contributed by atoms with Crippen LogP contribution in [-0.2, 0) is 4.79 Å². The second-order valence-corrected chi connectivity index (χ2v) is 7.13. The molecule has 1 saturated heterocycles. The topological polar surface area (TPSA) is 67.6 Å². The zero-order chi connectivity index (χ0) is 19.2. The summed E-state index contributed by atoms with van der Waals surface area (Å²) >= 11 is 0. The molecular weight excluding hydrogens is 338 g/mol.